The quantitative estimate of drug-likeness (QED) is 0.737. The molecule has 0 atom stereocenters. The van der Waals surface area contributed by atoms with Gasteiger partial charge in [-0.1, -0.05) is 6.07 Å². The molecular weight excluding hydrogens is 370 g/mol. The number of rotatable bonds is 4. The highest BCUT2D eigenvalue weighted by atomic mass is 32.1. The van der Waals surface area contributed by atoms with Crippen LogP contribution >= 0.6 is 11.5 Å². The number of carbonyl (C=O) groups is 1. The summed E-state index contributed by atoms with van der Waals surface area (Å²) in [6.45, 7) is 8.44. The van der Waals surface area contributed by atoms with Crippen molar-refractivity contribution in [2.24, 2.45) is 5.41 Å². The van der Waals surface area contributed by atoms with Crippen LogP contribution in [0.4, 0.5) is 5.00 Å². The SMILES string of the molecule is Cc1c(CCN2CCC3(CC2)CCN(c2ccns2)C3)ccc2c1COC2=O. The summed E-state index contributed by atoms with van der Waals surface area (Å²) in [5.74, 6) is -0.171. The second-order valence-electron chi connectivity index (χ2n) is 8.57. The molecule has 2 saturated heterocycles. The summed E-state index contributed by atoms with van der Waals surface area (Å²) >= 11 is 1.62. The molecule has 5 nitrogen and oxygen atoms in total. The zero-order chi connectivity index (χ0) is 19.1. The van der Waals surface area contributed by atoms with Crippen LogP contribution < -0.4 is 4.90 Å². The topological polar surface area (TPSA) is 45.7 Å². The molecule has 148 valence electrons. The maximum Gasteiger partial charge on any atom is 0.338 e. The van der Waals surface area contributed by atoms with E-state index in [0.717, 1.165) is 24.1 Å². The number of ether oxygens (including phenoxy) is 1. The van der Waals surface area contributed by atoms with Crippen molar-refractivity contribution in [2.75, 3.05) is 37.6 Å². The van der Waals surface area contributed by atoms with E-state index in [0.29, 0.717) is 12.0 Å². The summed E-state index contributed by atoms with van der Waals surface area (Å²) in [5.41, 5.74) is 4.95. The van der Waals surface area contributed by atoms with Crippen LogP contribution in [0.1, 0.15) is 46.3 Å². The van der Waals surface area contributed by atoms with Crippen molar-refractivity contribution in [3.05, 3.63) is 46.6 Å². The van der Waals surface area contributed by atoms with Crippen LogP contribution in [-0.2, 0) is 17.8 Å². The van der Waals surface area contributed by atoms with E-state index in [9.17, 15) is 4.79 Å². The highest BCUT2D eigenvalue weighted by Gasteiger charge is 2.40. The lowest BCUT2D eigenvalue weighted by Crippen LogP contribution is -2.42. The average molecular weight is 398 g/mol. The molecule has 0 aliphatic carbocycles. The van der Waals surface area contributed by atoms with E-state index in [-0.39, 0.29) is 5.97 Å². The standard InChI is InChI=1S/C22H27N3O2S/c1-16-17(2-3-18-19(16)14-27-21(18)26)5-10-24-11-6-22(7-12-24)8-13-25(15-22)20-4-9-23-28-20/h2-4,9H,5-8,10-15H2,1H3. The van der Waals surface area contributed by atoms with Gasteiger partial charge in [0.2, 0.25) is 0 Å². The summed E-state index contributed by atoms with van der Waals surface area (Å²) in [6, 6.07) is 6.22. The van der Waals surface area contributed by atoms with Gasteiger partial charge in [-0.05, 0) is 85.9 Å². The predicted molar refractivity (Wildman–Crippen MR) is 111 cm³/mol. The van der Waals surface area contributed by atoms with Gasteiger partial charge in [-0.15, -0.1) is 0 Å². The first-order chi connectivity index (χ1) is 13.6. The average Bonchev–Trinajstić information content (AvgIpc) is 3.44. The highest BCUT2D eigenvalue weighted by molar-refractivity contribution is 7.10. The molecule has 6 heteroatoms. The molecule has 0 radical (unpaired) electrons. The molecule has 5 rings (SSSR count). The summed E-state index contributed by atoms with van der Waals surface area (Å²) in [6.07, 6.45) is 6.88. The second kappa shape index (κ2) is 7.16. The number of carbonyl (C=O) groups excluding carboxylic acids is 1. The molecule has 2 fully saturated rings. The Morgan fingerprint density at radius 1 is 1.18 bits per heavy atom. The van der Waals surface area contributed by atoms with Crippen molar-refractivity contribution in [1.82, 2.24) is 9.27 Å². The Labute approximate surface area is 170 Å². The third-order valence-corrected chi connectivity index (χ3v) is 7.87. The van der Waals surface area contributed by atoms with Crippen LogP contribution in [0.2, 0.25) is 0 Å². The Morgan fingerprint density at radius 3 is 2.79 bits per heavy atom. The number of hydrogen-bond donors (Lipinski definition) is 0. The fraction of sp³-hybridized carbons (Fsp3) is 0.545. The number of esters is 1. The molecule has 1 spiro atoms. The molecule has 4 heterocycles. The van der Waals surface area contributed by atoms with Gasteiger partial charge in [0.15, 0.2) is 0 Å². The third-order valence-electron chi connectivity index (χ3n) is 7.07. The molecule has 3 aliphatic heterocycles. The van der Waals surface area contributed by atoms with Crippen LogP contribution in [0.3, 0.4) is 0 Å². The van der Waals surface area contributed by atoms with Gasteiger partial charge in [-0.25, -0.2) is 4.79 Å². The minimum atomic E-state index is -0.171. The molecular formula is C22H27N3O2S. The third kappa shape index (κ3) is 3.22. The fourth-order valence-electron chi connectivity index (χ4n) is 5.10. The van der Waals surface area contributed by atoms with Gasteiger partial charge in [0.1, 0.15) is 11.6 Å². The molecule has 2 aromatic rings. The Balaban J connectivity index is 1.16. The molecule has 0 unspecified atom stereocenters. The van der Waals surface area contributed by atoms with E-state index >= 15 is 0 Å². The summed E-state index contributed by atoms with van der Waals surface area (Å²) in [5, 5.41) is 1.33. The summed E-state index contributed by atoms with van der Waals surface area (Å²) in [4.78, 5) is 16.9. The monoisotopic (exact) mass is 397 g/mol. The highest BCUT2D eigenvalue weighted by Crippen LogP contribution is 2.42. The Bertz CT molecular complexity index is 872. The van der Waals surface area contributed by atoms with E-state index in [4.69, 9.17) is 4.74 Å². The maximum absolute atomic E-state index is 11.7. The van der Waals surface area contributed by atoms with Crippen molar-refractivity contribution in [3.63, 3.8) is 0 Å². The van der Waals surface area contributed by atoms with E-state index in [1.165, 1.54) is 61.6 Å². The summed E-state index contributed by atoms with van der Waals surface area (Å²) < 4.78 is 9.45. The van der Waals surface area contributed by atoms with Crippen molar-refractivity contribution >= 4 is 22.5 Å². The van der Waals surface area contributed by atoms with Gasteiger partial charge in [-0.3, -0.25) is 0 Å². The molecule has 28 heavy (non-hydrogen) atoms. The number of likely N-dealkylation sites (tertiary alicyclic amines) is 1. The zero-order valence-corrected chi connectivity index (χ0v) is 17.3. The fourth-order valence-corrected chi connectivity index (χ4v) is 5.72. The lowest BCUT2D eigenvalue weighted by molar-refractivity contribution is 0.0535. The van der Waals surface area contributed by atoms with Gasteiger partial charge < -0.3 is 14.5 Å². The normalized spacial score (nSPS) is 21.3. The van der Waals surface area contributed by atoms with Crippen molar-refractivity contribution < 1.29 is 9.53 Å². The van der Waals surface area contributed by atoms with E-state index in [1.54, 1.807) is 11.5 Å². The van der Waals surface area contributed by atoms with Gasteiger partial charge in [-0.2, -0.15) is 4.37 Å². The molecule has 1 aromatic heterocycles. The van der Waals surface area contributed by atoms with E-state index in [2.05, 4.69) is 33.2 Å². The smallest absolute Gasteiger partial charge is 0.338 e. The lowest BCUT2D eigenvalue weighted by atomic mass is 9.77. The first kappa shape index (κ1) is 18.1. The largest absolute Gasteiger partial charge is 0.457 e. The molecule has 3 aliphatic rings. The molecule has 0 N–H and O–H groups in total. The van der Waals surface area contributed by atoms with Crippen LogP contribution in [-0.4, -0.2) is 48.0 Å². The second-order valence-corrected chi connectivity index (χ2v) is 9.38. The molecule has 0 bridgehead atoms. The van der Waals surface area contributed by atoms with Crippen LogP contribution in [0.15, 0.2) is 24.4 Å². The number of cyclic esters (lactones) is 1. The number of piperidine rings is 1. The Morgan fingerprint density at radius 2 is 2.00 bits per heavy atom. The van der Waals surface area contributed by atoms with Crippen LogP contribution in [0, 0.1) is 12.3 Å². The maximum atomic E-state index is 11.7. The number of aromatic nitrogens is 1. The zero-order valence-electron chi connectivity index (χ0n) is 16.4. The van der Waals surface area contributed by atoms with Gasteiger partial charge >= 0.3 is 5.97 Å². The predicted octanol–water partition coefficient (Wildman–Crippen LogP) is 3.66. The summed E-state index contributed by atoms with van der Waals surface area (Å²) in [7, 11) is 0. The van der Waals surface area contributed by atoms with Crippen molar-refractivity contribution in [3.8, 4) is 0 Å². The number of fused-ring (bicyclic) bond motifs is 1. The number of nitrogens with zero attached hydrogens (tertiary/aromatic N) is 3. The minimum absolute atomic E-state index is 0.171. The number of hydrogen-bond acceptors (Lipinski definition) is 6. The number of benzene rings is 1. The van der Waals surface area contributed by atoms with Gasteiger partial charge in [0.05, 0.1) is 5.56 Å². The molecule has 1 aromatic carbocycles. The van der Waals surface area contributed by atoms with E-state index in [1.807, 2.05) is 12.3 Å². The van der Waals surface area contributed by atoms with Crippen molar-refractivity contribution in [2.45, 2.75) is 39.2 Å². The first-order valence-electron chi connectivity index (χ1n) is 10.3. The van der Waals surface area contributed by atoms with Crippen LogP contribution in [0.25, 0.3) is 0 Å². The van der Waals surface area contributed by atoms with Crippen LogP contribution in [0.5, 0.6) is 0 Å². The Hall–Kier alpha value is -1.92. The minimum Gasteiger partial charge on any atom is -0.457 e. The van der Waals surface area contributed by atoms with Gasteiger partial charge in [0.25, 0.3) is 0 Å². The Kier molecular flexibility index (Phi) is 4.63. The van der Waals surface area contributed by atoms with Crippen molar-refractivity contribution in [1.29, 1.82) is 0 Å². The number of anilines is 1. The van der Waals surface area contributed by atoms with Gasteiger partial charge in [0, 0.05) is 31.4 Å². The first-order valence-corrected chi connectivity index (χ1v) is 11.1. The molecule has 0 amide bonds. The van der Waals surface area contributed by atoms with E-state index < -0.39 is 0 Å². The molecule has 0 saturated carbocycles. The lowest BCUT2D eigenvalue weighted by Gasteiger charge is -2.39.